The molecule has 0 heteroatoms. The summed E-state index contributed by atoms with van der Waals surface area (Å²) in [5.41, 5.74) is 4.03. The number of aryl methyl sites for hydroxylation is 1. The third kappa shape index (κ3) is 2.40. The Morgan fingerprint density at radius 3 is 2.31 bits per heavy atom. The molecular weight excluding hydrogens is 192 g/mol. The molecule has 0 saturated carbocycles. The quantitative estimate of drug-likeness (QED) is 0.650. The summed E-state index contributed by atoms with van der Waals surface area (Å²) < 4.78 is 0. The molecule has 0 atom stereocenters. The maximum atomic E-state index is 3.78. The summed E-state index contributed by atoms with van der Waals surface area (Å²) >= 11 is 0. The van der Waals surface area contributed by atoms with Crippen LogP contribution in [0.15, 0.2) is 67.3 Å². The topological polar surface area (TPSA) is 0 Å². The van der Waals surface area contributed by atoms with E-state index in [2.05, 4.69) is 61.2 Å². The van der Waals surface area contributed by atoms with E-state index >= 15 is 0 Å². The standard InChI is InChI=1S/C16H16/c1-2-3-9-14-12-7-8-13-16(14)15-10-5-4-6-11-15/h2,4-8,10-13H,1,3,9H2. The van der Waals surface area contributed by atoms with Gasteiger partial charge in [0.15, 0.2) is 0 Å². The lowest BCUT2D eigenvalue weighted by Gasteiger charge is -2.08. The second-order valence-corrected chi connectivity index (χ2v) is 3.85. The van der Waals surface area contributed by atoms with Crippen LogP contribution in [0, 0.1) is 0 Å². The zero-order chi connectivity index (χ0) is 11.2. The van der Waals surface area contributed by atoms with Crippen molar-refractivity contribution in [2.24, 2.45) is 0 Å². The Balaban J connectivity index is 2.36. The smallest absolute Gasteiger partial charge is 0.0152 e. The van der Waals surface area contributed by atoms with Gasteiger partial charge in [-0.15, -0.1) is 6.58 Å². The molecule has 2 aromatic rings. The largest absolute Gasteiger partial charge is 0.103 e. The average Bonchev–Trinajstić information content (AvgIpc) is 2.38. The zero-order valence-corrected chi connectivity index (χ0v) is 9.39. The van der Waals surface area contributed by atoms with E-state index in [9.17, 15) is 0 Å². The zero-order valence-electron chi connectivity index (χ0n) is 9.39. The fourth-order valence-corrected chi connectivity index (χ4v) is 1.90. The van der Waals surface area contributed by atoms with Crippen molar-refractivity contribution in [2.75, 3.05) is 0 Å². The second-order valence-electron chi connectivity index (χ2n) is 3.85. The van der Waals surface area contributed by atoms with Gasteiger partial charge >= 0.3 is 0 Å². The van der Waals surface area contributed by atoms with Crippen molar-refractivity contribution < 1.29 is 0 Å². The molecule has 0 aliphatic rings. The van der Waals surface area contributed by atoms with Gasteiger partial charge < -0.3 is 0 Å². The molecule has 0 radical (unpaired) electrons. The summed E-state index contributed by atoms with van der Waals surface area (Å²) in [4.78, 5) is 0. The third-order valence-electron chi connectivity index (χ3n) is 2.72. The number of benzene rings is 2. The second kappa shape index (κ2) is 5.32. The summed E-state index contributed by atoms with van der Waals surface area (Å²) in [6.45, 7) is 3.78. The van der Waals surface area contributed by atoms with Crippen LogP contribution in [0.4, 0.5) is 0 Å². The Morgan fingerprint density at radius 2 is 1.56 bits per heavy atom. The molecule has 0 unspecified atom stereocenters. The van der Waals surface area contributed by atoms with Crippen LogP contribution < -0.4 is 0 Å². The van der Waals surface area contributed by atoms with Gasteiger partial charge in [-0.05, 0) is 29.5 Å². The highest BCUT2D eigenvalue weighted by Crippen LogP contribution is 2.24. The molecule has 0 aliphatic heterocycles. The van der Waals surface area contributed by atoms with E-state index in [1.807, 2.05) is 6.08 Å². The molecule has 0 nitrogen and oxygen atoms in total. The van der Waals surface area contributed by atoms with Crippen LogP contribution in [-0.2, 0) is 6.42 Å². The van der Waals surface area contributed by atoms with Crippen molar-refractivity contribution >= 4 is 0 Å². The van der Waals surface area contributed by atoms with Crippen LogP contribution in [0.5, 0.6) is 0 Å². The molecule has 16 heavy (non-hydrogen) atoms. The molecule has 80 valence electrons. The van der Waals surface area contributed by atoms with Crippen LogP contribution in [0.1, 0.15) is 12.0 Å². The third-order valence-corrected chi connectivity index (χ3v) is 2.72. The van der Waals surface area contributed by atoms with Crippen molar-refractivity contribution in [1.29, 1.82) is 0 Å². The van der Waals surface area contributed by atoms with Gasteiger partial charge in [0.05, 0.1) is 0 Å². The highest BCUT2D eigenvalue weighted by molar-refractivity contribution is 5.67. The van der Waals surface area contributed by atoms with E-state index in [0.29, 0.717) is 0 Å². The van der Waals surface area contributed by atoms with Crippen molar-refractivity contribution in [3.05, 3.63) is 72.8 Å². The number of hydrogen-bond donors (Lipinski definition) is 0. The molecule has 2 aromatic carbocycles. The van der Waals surface area contributed by atoms with E-state index in [1.165, 1.54) is 16.7 Å². The van der Waals surface area contributed by atoms with Crippen LogP contribution in [-0.4, -0.2) is 0 Å². The predicted molar refractivity (Wildman–Crippen MR) is 70.4 cm³/mol. The van der Waals surface area contributed by atoms with Crippen molar-refractivity contribution in [1.82, 2.24) is 0 Å². The summed E-state index contributed by atoms with van der Waals surface area (Å²) in [5.74, 6) is 0. The van der Waals surface area contributed by atoms with Crippen molar-refractivity contribution in [3.63, 3.8) is 0 Å². The fraction of sp³-hybridized carbons (Fsp3) is 0.125. The normalized spacial score (nSPS) is 10.0. The van der Waals surface area contributed by atoms with E-state index in [4.69, 9.17) is 0 Å². The Hall–Kier alpha value is -1.82. The predicted octanol–water partition coefficient (Wildman–Crippen LogP) is 4.47. The van der Waals surface area contributed by atoms with Gasteiger partial charge in [0.2, 0.25) is 0 Å². The lowest BCUT2D eigenvalue weighted by molar-refractivity contribution is 1.01. The number of hydrogen-bond acceptors (Lipinski definition) is 0. The SMILES string of the molecule is C=CCCc1ccccc1-c1ccccc1. The Kier molecular flexibility index (Phi) is 3.55. The fourth-order valence-electron chi connectivity index (χ4n) is 1.90. The molecule has 0 N–H and O–H groups in total. The highest BCUT2D eigenvalue weighted by atomic mass is 14.1. The van der Waals surface area contributed by atoms with Gasteiger partial charge in [-0.2, -0.15) is 0 Å². The first kappa shape index (κ1) is 10.7. The minimum Gasteiger partial charge on any atom is -0.103 e. The van der Waals surface area contributed by atoms with E-state index in [0.717, 1.165) is 12.8 Å². The van der Waals surface area contributed by atoms with Crippen molar-refractivity contribution in [2.45, 2.75) is 12.8 Å². The first-order chi connectivity index (χ1) is 7.92. The molecular formula is C16H16. The maximum Gasteiger partial charge on any atom is -0.0152 e. The van der Waals surface area contributed by atoms with Crippen LogP contribution in [0.25, 0.3) is 11.1 Å². The first-order valence-electron chi connectivity index (χ1n) is 5.66. The van der Waals surface area contributed by atoms with Gasteiger partial charge in [0, 0.05) is 0 Å². The molecule has 0 aliphatic carbocycles. The number of allylic oxidation sites excluding steroid dienone is 1. The van der Waals surface area contributed by atoms with Gasteiger partial charge in [-0.25, -0.2) is 0 Å². The summed E-state index contributed by atoms with van der Waals surface area (Å²) in [7, 11) is 0. The van der Waals surface area contributed by atoms with Gasteiger partial charge in [0.25, 0.3) is 0 Å². The van der Waals surface area contributed by atoms with Gasteiger partial charge in [-0.3, -0.25) is 0 Å². The minimum atomic E-state index is 1.03. The van der Waals surface area contributed by atoms with E-state index in [1.54, 1.807) is 0 Å². The molecule has 0 aromatic heterocycles. The molecule has 0 spiro atoms. The Morgan fingerprint density at radius 1 is 0.875 bits per heavy atom. The molecule has 2 rings (SSSR count). The summed E-state index contributed by atoms with van der Waals surface area (Å²) in [6, 6.07) is 19.1. The lowest BCUT2D eigenvalue weighted by Crippen LogP contribution is -1.88. The maximum absolute atomic E-state index is 3.78. The van der Waals surface area contributed by atoms with Crippen LogP contribution in [0.2, 0.25) is 0 Å². The molecule has 0 saturated heterocycles. The summed E-state index contributed by atoms with van der Waals surface area (Å²) in [5, 5.41) is 0. The monoisotopic (exact) mass is 208 g/mol. The first-order valence-corrected chi connectivity index (χ1v) is 5.66. The minimum absolute atomic E-state index is 1.03. The van der Waals surface area contributed by atoms with Crippen LogP contribution >= 0.6 is 0 Å². The van der Waals surface area contributed by atoms with E-state index < -0.39 is 0 Å². The number of rotatable bonds is 4. The lowest BCUT2D eigenvalue weighted by atomic mass is 9.97. The highest BCUT2D eigenvalue weighted by Gasteiger charge is 2.02. The van der Waals surface area contributed by atoms with Crippen molar-refractivity contribution in [3.8, 4) is 11.1 Å². The Bertz CT molecular complexity index is 454. The van der Waals surface area contributed by atoms with E-state index in [-0.39, 0.29) is 0 Å². The molecule has 0 heterocycles. The molecule has 0 fully saturated rings. The molecule has 0 bridgehead atoms. The molecule has 0 amide bonds. The van der Waals surface area contributed by atoms with Crippen LogP contribution in [0.3, 0.4) is 0 Å². The summed E-state index contributed by atoms with van der Waals surface area (Å²) in [6.07, 6.45) is 4.07. The average molecular weight is 208 g/mol. The Labute approximate surface area is 97.3 Å². The van der Waals surface area contributed by atoms with Gasteiger partial charge in [0.1, 0.15) is 0 Å². The van der Waals surface area contributed by atoms with Gasteiger partial charge in [-0.1, -0.05) is 60.7 Å².